The van der Waals surface area contributed by atoms with E-state index in [4.69, 9.17) is 0 Å². The van der Waals surface area contributed by atoms with Gasteiger partial charge in [0, 0.05) is 0 Å². The molecule has 17 heavy (non-hydrogen) atoms. The predicted octanol–water partition coefficient (Wildman–Crippen LogP) is 1.97. The van der Waals surface area contributed by atoms with Gasteiger partial charge in [-0.3, -0.25) is 0 Å². The van der Waals surface area contributed by atoms with Crippen molar-refractivity contribution in [2.45, 2.75) is 11.5 Å². The molecular weight excluding hydrogens is 295 g/mol. The second-order valence-electron chi connectivity index (χ2n) is 3.98. The van der Waals surface area contributed by atoms with Crippen molar-refractivity contribution in [1.82, 2.24) is 0 Å². The first-order chi connectivity index (χ1) is 8.36. The third kappa shape index (κ3) is 2.11. The normalized spacial score (nSPS) is 15.5. The molecule has 0 spiro atoms. The van der Waals surface area contributed by atoms with Gasteiger partial charge in [0.05, 0.1) is 0 Å². The first kappa shape index (κ1) is 11.2. The van der Waals surface area contributed by atoms with Crippen molar-refractivity contribution in [2.75, 3.05) is 0 Å². The molecule has 86 valence electrons. The van der Waals surface area contributed by atoms with E-state index < -0.39 is 13.8 Å². The first-order valence-corrected chi connectivity index (χ1v) is 9.08. The molecule has 0 atom stereocenters. The molecule has 0 aromatic heterocycles. The fourth-order valence-electron chi connectivity index (χ4n) is 2.00. The summed E-state index contributed by atoms with van der Waals surface area (Å²) in [5.74, 6) is 1.93. The van der Waals surface area contributed by atoms with Gasteiger partial charge in [-0.05, 0) is 0 Å². The van der Waals surface area contributed by atoms with Crippen molar-refractivity contribution in [3.63, 3.8) is 0 Å². The fraction of sp³-hybridized carbons (Fsp3) is 0.143. The van der Waals surface area contributed by atoms with Crippen LogP contribution in [0.3, 0.4) is 0 Å². The van der Waals surface area contributed by atoms with Crippen LogP contribution in [0, 0.1) is 0 Å². The third-order valence-corrected chi connectivity index (χ3v) is 7.24. The molecule has 0 unspecified atom stereocenters. The number of hydrogen-bond donors (Lipinski definition) is 0. The summed E-state index contributed by atoms with van der Waals surface area (Å²) in [5.41, 5.74) is 2.49. The molecule has 0 fully saturated rings. The summed E-state index contributed by atoms with van der Waals surface area (Å²) in [5, 5.41) is 0. The van der Waals surface area contributed by atoms with Gasteiger partial charge in [0.2, 0.25) is 0 Å². The van der Waals surface area contributed by atoms with Gasteiger partial charge >= 0.3 is 110 Å². The standard InChI is InChI=1S/C14H12OSSe/c15-17-13-7-3-1-5-11(13)9-16-10-12-6-2-4-8-14(12)17/h1-8H,9-10H2. The molecular formula is C14H12OSSe. The molecule has 1 aliphatic heterocycles. The molecule has 2 aromatic carbocycles. The van der Waals surface area contributed by atoms with E-state index in [0.29, 0.717) is 0 Å². The van der Waals surface area contributed by atoms with Gasteiger partial charge in [-0.25, -0.2) is 0 Å². The molecule has 3 rings (SSSR count). The quantitative estimate of drug-likeness (QED) is 0.692. The second-order valence-corrected chi connectivity index (χ2v) is 7.94. The number of fused-ring (bicyclic) bond motifs is 2. The summed E-state index contributed by atoms with van der Waals surface area (Å²) in [7, 11) is 0. The molecule has 1 aliphatic rings. The average Bonchev–Trinajstić information content (AvgIpc) is 2.37. The van der Waals surface area contributed by atoms with Gasteiger partial charge < -0.3 is 0 Å². The van der Waals surface area contributed by atoms with Crippen LogP contribution in [0.15, 0.2) is 48.5 Å². The summed E-state index contributed by atoms with van der Waals surface area (Å²) < 4.78 is 14.8. The van der Waals surface area contributed by atoms with Gasteiger partial charge in [-0.2, -0.15) is 0 Å². The third-order valence-electron chi connectivity index (χ3n) is 2.86. The summed E-state index contributed by atoms with van der Waals surface area (Å²) >= 11 is -0.180. The van der Waals surface area contributed by atoms with Crippen LogP contribution < -0.4 is 8.92 Å². The zero-order valence-corrected chi connectivity index (χ0v) is 11.8. The zero-order valence-electron chi connectivity index (χ0n) is 9.26. The minimum absolute atomic E-state index is 0.965. The van der Waals surface area contributed by atoms with Crippen molar-refractivity contribution in [1.29, 1.82) is 0 Å². The van der Waals surface area contributed by atoms with E-state index >= 15 is 0 Å². The number of hydrogen-bond acceptors (Lipinski definition) is 2. The minimum atomic E-state index is -2.08. The van der Waals surface area contributed by atoms with Crippen LogP contribution in [0.1, 0.15) is 11.1 Å². The van der Waals surface area contributed by atoms with E-state index in [-0.39, 0.29) is 0 Å². The topological polar surface area (TPSA) is 17.1 Å². The van der Waals surface area contributed by atoms with Crippen LogP contribution in [-0.4, -0.2) is 13.8 Å². The van der Waals surface area contributed by atoms with E-state index in [2.05, 4.69) is 12.1 Å². The van der Waals surface area contributed by atoms with Crippen molar-refractivity contribution >= 4 is 34.5 Å². The van der Waals surface area contributed by atoms with Crippen molar-refractivity contribution in [3.05, 3.63) is 59.7 Å². The molecule has 0 saturated heterocycles. The van der Waals surface area contributed by atoms with Crippen molar-refractivity contribution < 1.29 is 3.83 Å². The Kier molecular flexibility index (Phi) is 3.15. The van der Waals surface area contributed by atoms with Crippen LogP contribution in [0.5, 0.6) is 0 Å². The summed E-state index contributed by atoms with van der Waals surface area (Å²) in [6, 6.07) is 16.3. The Morgan fingerprint density at radius 3 is 1.82 bits per heavy atom. The van der Waals surface area contributed by atoms with Gasteiger partial charge in [-0.15, -0.1) is 0 Å². The van der Waals surface area contributed by atoms with Gasteiger partial charge in [0.25, 0.3) is 0 Å². The molecule has 0 aliphatic carbocycles. The Bertz CT molecular complexity index is 530. The van der Waals surface area contributed by atoms with E-state index in [1.54, 1.807) is 0 Å². The van der Waals surface area contributed by atoms with Crippen LogP contribution in [-0.2, 0) is 15.3 Å². The Labute approximate surface area is 109 Å². The maximum absolute atomic E-state index is 12.7. The van der Waals surface area contributed by atoms with Crippen LogP contribution in [0.2, 0.25) is 0 Å². The van der Waals surface area contributed by atoms with Crippen LogP contribution in [0.4, 0.5) is 0 Å². The summed E-state index contributed by atoms with van der Waals surface area (Å²) in [6.45, 7) is 0. The summed E-state index contributed by atoms with van der Waals surface area (Å²) in [4.78, 5) is 0. The van der Waals surface area contributed by atoms with E-state index in [9.17, 15) is 3.83 Å². The number of benzene rings is 2. The Morgan fingerprint density at radius 2 is 1.29 bits per heavy atom. The molecule has 0 saturated carbocycles. The molecule has 1 heterocycles. The molecule has 0 N–H and O–H groups in total. The molecule has 3 heteroatoms. The fourth-order valence-corrected chi connectivity index (χ4v) is 6.39. The van der Waals surface area contributed by atoms with Gasteiger partial charge in [0.15, 0.2) is 0 Å². The Hall–Kier alpha value is -0.891. The Morgan fingerprint density at radius 1 is 0.824 bits per heavy atom. The van der Waals surface area contributed by atoms with E-state index in [0.717, 1.165) is 20.4 Å². The summed E-state index contributed by atoms with van der Waals surface area (Å²) in [6.07, 6.45) is 0. The van der Waals surface area contributed by atoms with Crippen LogP contribution >= 0.6 is 11.8 Å². The molecule has 0 amide bonds. The number of rotatable bonds is 0. The molecule has 2 aromatic rings. The first-order valence-electron chi connectivity index (χ1n) is 5.51. The van der Waals surface area contributed by atoms with Gasteiger partial charge in [0.1, 0.15) is 0 Å². The molecule has 0 bridgehead atoms. The maximum atomic E-state index is 12.7. The number of thioether (sulfide) groups is 1. The van der Waals surface area contributed by atoms with Crippen molar-refractivity contribution in [3.8, 4) is 0 Å². The van der Waals surface area contributed by atoms with Crippen LogP contribution in [0.25, 0.3) is 0 Å². The molecule has 0 radical (unpaired) electrons. The van der Waals surface area contributed by atoms with E-state index in [1.165, 1.54) is 11.1 Å². The monoisotopic (exact) mass is 308 g/mol. The average molecular weight is 307 g/mol. The predicted molar refractivity (Wildman–Crippen MR) is 73.6 cm³/mol. The SMILES string of the molecule is O=[Se]1c2ccccc2CSCc2ccccc21. The second kappa shape index (κ2) is 4.77. The van der Waals surface area contributed by atoms with Crippen molar-refractivity contribution in [2.24, 2.45) is 0 Å². The van der Waals surface area contributed by atoms with E-state index in [1.807, 2.05) is 48.2 Å². The zero-order chi connectivity index (χ0) is 11.7. The van der Waals surface area contributed by atoms with Gasteiger partial charge in [-0.1, -0.05) is 0 Å². The Balaban J connectivity index is 2.18. The molecule has 1 nitrogen and oxygen atoms in total.